The van der Waals surface area contributed by atoms with Crippen LogP contribution in [0.15, 0.2) is 22.0 Å². The average Bonchev–Trinajstić information content (AvgIpc) is 3.34. The molecule has 128 valence electrons. The van der Waals surface area contributed by atoms with Crippen LogP contribution in [0.1, 0.15) is 38.0 Å². The zero-order valence-corrected chi connectivity index (χ0v) is 14.3. The fourth-order valence-corrected chi connectivity index (χ4v) is 4.28. The van der Waals surface area contributed by atoms with E-state index in [1.54, 1.807) is 11.3 Å². The maximum atomic E-state index is 12.5. The van der Waals surface area contributed by atoms with E-state index in [9.17, 15) is 4.79 Å². The van der Waals surface area contributed by atoms with Crippen molar-refractivity contribution >= 4 is 17.2 Å². The van der Waals surface area contributed by atoms with E-state index >= 15 is 0 Å². The van der Waals surface area contributed by atoms with E-state index in [2.05, 4.69) is 10.1 Å². The van der Waals surface area contributed by atoms with Crippen LogP contribution in [0.5, 0.6) is 0 Å². The van der Waals surface area contributed by atoms with Gasteiger partial charge in [-0.25, -0.2) is 0 Å². The Morgan fingerprint density at radius 1 is 1.42 bits per heavy atom. The van der Waals surface area contributed by atoms with Crippen molar-refractivity contribution in [2.75, 3.05) is 13.2 Å². The minimum absolute atomic E-state index is 0.230. The number of aromatic nitrogens is 2. The fourth-order valence-electron chi connectivity index (χ4n) is 3.63. The maximum Gasteiger partial charge on any atom is 0.226 e. The number of carbonyl (C=O) groups excluding carboxylic acids is 1. The van der Waals surface area contributed by atoms with Crippen molar-refractivity contribution in [1.29, 1.82) is 0 Å². The highest BCUT2D eigenvalue weighted by molar-refractivity contribution is 7.13. The highest BCUT2D eigenvalue weighted by Crippen LogP contribution is 2.30. The van der Waals surface area contributed by atoms with E-state index in [0.29, 0.717) is 37.2 Å². The molecule has 2 fully saturated rings. The van der Waals surface area contributed by atoms with Crippen molar-refractivity contribution in [3.8, 4) is 10.7 Å². The number of rotatable bonds is 5. The molecule has 0 N–H and O–H groups in total. The summed E-state index contributed by atoms with van der Waals surface area (Å²) in [6, 6.07) is 4.23. The van der Waals surface area contributed by atoms with Gasteiger partial charge in [-0.15, -0.1) is 11.3 Å². The molecule has 2 aromatic heterocycles. The summed E-state index contributed by atoms with van der Waals surface area (Å²) in [4.78, 5) is 20.0. The second-order valence-electron chi connectivity index (χ2n) is 6.34. The molecule has 0 spiro atoms. The molecule has 2 aromatic rings. The monoisotopic (exact) mass is 347 g/mol. The summed E-state index contributed by atoms with van der Waals surface area (Å²) in [5, 5.41) is 5.99. The van der Waals surface area contributed by atoms with Crippen molar-refractivity contribution in [2.24, 2.45) is 0 Å². The first-order valence-corrected chi connectivity index (χ1v) is 9.47. The minimum atomic E-state index is 0.230. The topological polar surface area (TPSA) is 68.5 Å². The Morgan fingerprint density at radius 2 is 2.38 bits per heavy atom. The molecule has 0 radical (unpaired) electrons. The molecule has 24 heavy (non-hydrogen) atoms. The van der Waals surface area contributed by atoms with Gasteiger partial charge in [0.05, 0.1) is 23.6 Å². The van der Waals surface area contributed by atoms with Gasteiger partial charge in [0.1, 0.15) is 0 Å². The molecular formula is C17H21N3O3S. The van der Waals surface area contributed by atoms with Gasteiger partial charge >= 0.3 is 0 Å². The standard InChI is InChI=1S/C17H21N3O3S/c21-16(20-9-10-22-13-5-1-4-12(13)20)8-2-7-15-18-17(19-23-15)14-6-3-11-24-14/h3,6,11-13H,1-2,4-5,7-10H2/t12-,13-/m1/s1. The van der Waals surface area contributed by atoms with Crippen LogP contribution in [0.2, 0.25) is 0 Å². The molecule has 4 rings (SSSR count). The van der Waals surface area contributed by atoms with Crippen LogP contribution in [-0.2, 0) is 16.0 Å². The van der Waals surface area contributed by atoms with E-state index < -0.39 is 0 Å². The SMILES string of the molecule is O=C(CCCc1nc(-c2cccs2)no1)N1CCO[C@@H]2CCC[C@H]21. The predicted octanol–water partition coefficient (Wildman–Crippen LogP) is 2.90. The lowest BCUT2D eigenvalue weighted by atomic mass is 10.1. The highest BCUT2D eigenvalue weighted by Gasteiger charge is 2.37. The van der Waals surface area contributed by atoms with Gasteiger partial charge in [-0.05, 0) is 37.1 Å². The zero-order valence-electron chi connectivity index (χ0n) is 13.5. The van der Waals surface area contributed by atoms with Crippen molar-refractivity contribution in [3.63, 3.8) is 0 Å². The average molecular weight is 347 g/mol. The number of aryl methyl sites for hydroxylation is 1. The third-order valence-electron chi connectivity index (χ3n) is 4.79. The number of thiophene rings is 1. The van der Waals surface area contributed by atoms with Gasteiger partial charge in [-0.2, -0.15) is 4.98 Å². The number of ether oxygens (including phenoxy) is 1. The third-order valence-corrected chi connectivity index (χ3v) is 5.66. The Balaban J connectivity index is 1.28. The molecule has 2 aliphatic rings. The first kappa shape index (κ1) is 15.8. The second-order valence-corrected chi connectivity index (χ2v) is 7.28. The van der Waals surface area contributed by atoms with Crippen molar-refractivity contribution in [3.05, 3.63) is 23.4 Å². The van der Waals surface area contributed by atoms with Gasteiger partial charge in [0, 0.05) is 19.4 Å². The molecule has 1 aliphatic heterocycles. The molecule has 0 aromatic carbocycles. The number of hydrogen-bond donors (Lipinski definition) is 0. The number of hydrogen-bond acceptors (Lipinski definition) is 6. The molecule has 3 heterocycles. The van der Waals surface area contributed by atoms with Gasteiger partial charge in [-0.1, -0.05) is 11.2 Å². The van der Waals surface area contributed by atoms with Crippen molar-refractivity contribution in [1.82, 2.24) is 15.0 Å². The molecule has 6 nitrogen and oxygen atoms in total. The zero-order chi connectivity index (χ0) is 16.4. The molecule has 0 bridgehead atoms. The summed E-state index contributed by atoms with van der Waals surface area (Å²) >= 11 is 1.59. The van der Waals surface area contributed by atoms with E-state index in [1.165, 1.54) is 0 Å². The summed E-state index contributed by atoms with van der Waals surface area (Å²) in [5.74, 6) is 1.47. The summed E-state index contributed by atoms with van der Waals surface area (Å²) < 4.78 is 11.1. The van der Waals surface area contributed by atoms with Gasteiger partial charge in [0.2, 0.25) is 17.6 Å². The maximum absolute atomic E-state index is 12.5. The van der Waals surface area contributed by atoms with Crippen molar-refractivity contribution < 1.29 is 14.1 Å². The quantitative estimate of drug-likeness (QED) is 0.832. The Kier molecular flexibility index (Phi) is 4.62. The number of morpholine rings is 1. The van der Waals surface area contributed by atoms with E-state index in [-0.39, 0.29) is 12.0 Å². The number of amides is 1. The van der Waals surface area contributed by atoms with E-state index in [4.69, 9.17) is 9.26 Å². The molecule has 2 atom stereocenters. The smallest absolute Gasteiger partial charge is 0.226 e. The lowest BCUT2D eigenvalue weighted by Gasteiger charge is -2.37. The highest BCUT2D eigenvalue weighted by atomic mass is 32.1. The van der Waals surface area contributed by atoms with Crippen LogP contribution >= 0.6 is 11.3 Å². The molecule has 7 heteroatoms. The molecule has 1 saturated heterocycles. The predicted molar refractivity (Wildman–Crippen MR) is 89.6 cm³/mol. The van der Waals surface area contributed by atoms with Crippen LogP contribution in [0.4, 0.5) is 0 Å². The van der Waals surface area contributed by atoms with E-state index in [1.807, 2.05) is 22.4 Å². The number of carbonyl (C=O) groups is 1. The molecule has 0 unspecified atom stereocenters. The van der Waals surface area contributed by atoms with Crippen LogP contribution < -0.4 is 0 Å². The van der Waals surface area contributed by atoms with Crippen LogP contribution in [0.25, 0.3) is 10.7 Å². The summed E-state index contributed by atoms with van der Waals surface area (Å²) in [5.41, 5.74) is 0. The Labute approximate surface area is 144 Å². The van der Waals surface area contributed by atoms with Gasteiger partial charge in [0.15, 0.2) is 0 Å². The molecular weight excluding hydrogens is 326 g/mol. The van der Waals surface area contributed by atoms with Gasteiger partial charge in [0.25, 0.3) is 0 Å². The first-order chi connectivity index (χ1) is 11.8. The third kappa shape index (κ3) is 3.23. The summed E-state index contributed by atoms with van der Waals surface area (Å²) in [6.45, 7) is 1.39. The Morgan fingerprint density at radius 3 is 3.25 bits per heavy atom. The van der Waals surface area contributed by atoms with Gasteiger partial charge < -0.3 is 14.2 Å². The van der Waals surface area contributed by atoms with Crippen LogP contribution in [-0.4, -0.2) is 46.2 Å². The molecule has 1 amide bonds. The van der Waals surface area contributed by atoms with E-state index in [0.717, 1.165) is 37.1 Å². The summed E-state index contributed by atoms with van der Waals surface area (Å²) in [7, 11) is 0. The van der Waals surface area contributed by atoms with Crippen LogP contribution in [0, 0.1) is 0 Å². The van der Waals surface area contributed by atoms with Gasteiger partial charge in [-0.3, -0.25) is 4.79 Å². The molecule has 1 aliphatic carbocycles. The lowest BCUT2D eigenvalue weighted by Crippen LogP contribution is -2.51. The Bertz CT molecular complexity index is 685. The fraction of sp³-hybridized carbons (Fsp3) is 0.588. The normalized spacial score (nSPS) is 23.4. The lowest BCUT2D eigenvalue weighted by molar-refractivity contribution is -0.144. The van der Waals surface area contributed by atoms with Crippen LogP contribution in [0.3, 0.4) is 0 Å². The summed E-state index contributed by atoms with van der Waals surface area (Å²) in [6.07, 6.45) is 5.48. The van der Waals surface area contributed by atoms with Crippen molar-refractivity contribution in [2.45, 2.75) is 50.7 Å². The first-order valence-electron chi connectivity index (χ1n) is 8.59. The number of fused-ring (bicyclic) bond motifs is 1. The Hall–Kier alpha value is -1.73. The molecule has 1 saturated carbocycles. The number of nitrogens with zero attached hydrogens (tertiary/aromatic N) is 3. The largest absolute Gasteiger partial charge is 0.374 e. The second kappa shape index (κ2) is 7.03. The minimum Gasteiger partial charge on any atom is -0.374 e.